The van der Waals surface area contributed by atoms with E-state index in [0.29, 0.717) is 0 Å². The molecule has 1 unspecified atom stereocenters. The number of carbonyl (C=O) groups excluding carboxylic acids is 1. The zero-order valence-corrected chi connectivity index (χ0v) is 7.47. The molecule has 13 heavy (non-hydrogen) atoms. The van der Waals surface area contributed by atoms with Gasteiger partial charge in [0, 0.05) is 0 Å². The molecule has 2 nitrogen and oxygen atoms in total. The Kier molecular flexibility index (Phi) is 4.12. The maximum Gasteiger partial charge on any atom is 0.343 e. The van der Waals surface area contributed by atoms with E-state index in [0.717, 1.165) is 32.1 Å². The Morgan fingerprint density at radius 2 is 2.00 bits per heavy atom. The Labute approximate surface area is 76.3 Å². The lowest BCUT2D eigenvalue weighted by Crippen LogP contribution is -2.27. The molecule has 0 aromatic heterocycles. The maximum absolute atomic E-state index is 12.4. The molecule has 0 heterocycles. The summed E-state index contributed by atoms with van der Waals surface area (Å²) in [6, 6.07) is 0. The van der Waals surface area contributed by atoms with Gasteiger partial charge in [0.15, 0.2) is 0 Å². The van der Waals surface area contributed by atoms with Crippen LogP contribution in [0.5, 0.6) is 0 Å². The number of carbonyl (C=O) groups is 1. The van der Waals surface area contributed by atoms with Crippen LogP contribution in [0.1, 0.15) is 32.1 Å². The van der Waals surface area contributed by atoms with Crippen LogP contribution in [0.25, 0.3) is 0 Å². The second-order valence-corrected chi connectivity index (χ2v) is 3.32. The molecular formula is C9H14F2O2. The molecule has 0 radical (unpaired) electrons. The van der Waals surface area contributed by atoms with Gasteiger partial charge >= 0.3 is 5.97 Å². The van der Waals surface area contributed by atoms with E-state index >= 15 is 0 Å². The lowest BCUT2D eigenvalue weighted by Gasteiger charge is -2.22. The van der Waals surface area contributed by atoms with Gasteiger partial charge in [-0.05, 0) is 25.7 Å². The van der Waals surface area contributed by atoms with Crippen molar-refractivity contribution in [3.8, 4) is 0 Å². The summed E-state index contributed by atoms with van der Waals surface area (Å²) in [6.45, 7) is -1.29. The van der Waals surface area contributed by atoms with Crippen molar-refractivity contribution >= 4 is 5.97 Å². The highest BCUT2D eigenvalue weighted by Gasteiger charge is 2.23. The first-order valence-corrected chi connectivity index (χ1v) is 4.64. The fourth-order valence-electron chi connectivity index (χ4n) is 1.48. The second kappa shape index (κ2) is 5.14. The van der Waals surface area contributed by atoms with Gasteiger partial charge in [0.2, 0.25) is 6.17 Å². The van der Waals surface area contributed by atoms with Crippen LogP contribution in [0.3, 0.4) is 0 Å². The fourth-order valence-corrected chi connectivity index (χ4v) is 1.48. The van der Waals surface area contributed by atoms with E-state index in [9.17, 15) is 13.6 Å². The molecule has 0 aromatic rings. The highest BCUT2D eigenvalue weighted by atomic mass is 19.2. The molecule has 76 valence electrons. The van der Waals surface area contributed by atoms with Crippen molar-refractivity contribution in [1.29, 1.82) is 0 Å². The zero-order valence-electron chi connectivity index (χ0n) is 7.47. The van der Waals surface area contributed by atoms with Gasteiger partial charge in [-0.3, -0.25) is 0 Å². The first-order valence-electron chi connectivity index (χ1n) is 4.64. The number of hydrogen-bond acceptors (Lipinski definition) is 2. The predicted molar refractivity (Wildman–Crippen MR) is 43.8 cm³/mol. The van der Waals surface area contributed by atoms with E-state index in [4.69, 9.17) is 4.74 Å². The third kappa shape index (κ3) is 3.28. The smallest absolute Gasteiger partial charge is 0.343 e. The van der Waals surface area contributed by atoms with Gasteiger partial charge in [-0.25, -0.2) is 13.6 Å². The van der Waals surface area contributed by atoms with Gasteiger partial charge in [0.1, 0.15) is 12.8 Å². The normalized spacial score (nSPS) is 21.1. The molecule has 0 aromatic carbocycles. The van der Waals surface area contributed by atoms with Gasteiger partial charge in [0.25, 0.3) is 0 Å². The van der Waals surface area contributed by atoms with Crippen molar-refractivity contribution in [2.24, 2.45) is 0 Å². The lowest BCUT2D eigenvalue weighted by molar-refractivity contribution is -0.157. The molecule has 0 saturated heterocycles. The summed E-state index contributed by atoms with van der Waals surface area (Å²) in [5.74, 6) is -1.05. The highest BCUT2D eigenvalue weighted by molar-refractivity contribution is 5.74. The average molecular weight is 192 g/mol. The van der Waals surface area contributed by atoms with Crippen LogP contribution < -0.4 is 0 Å². The monoisotopic (exact) mass is 192 g/mol. The van der Waals surface area contributed by atoms with Crippen molar-refractivity contribution in [2.75, 3.05) is 6.67 Å². The van der Waals surface area contributed by atoms with E-state index in [2.05, 4.69) is 0 Å². The molecule has 1 atom stereocenters. The molecule has 4 heteroatoms. The van der Waals surface area contributed by atoms with Crippen LogP contribution in [-0.2, 0) is 9.53 Å². The molecule has 1 saturated carbocycles. The van der Waals surface area contributed by atoms with Crippen LogP contribution in [0.15, 0.2) is 0 Å². The van der Waals surface area contributed by atoms with Gasteiger partial charge < -0.3 is 4.74 Å². The molecule has 0 bridgehead atoms. The number of rotatable bonds is 3. The van der Waals surface area contributed by atoms with E-state index in [1.807, 2.05) is 0 Å². The molecule has 1 aliphatic carbocycles. The van der Waals surface area contributed by atoms with Crippen molar-refractivity contribution in [1.82, 2.24) is 0 Å². The van der Waals surface area contributed by atoms with Gasteiger partial charge in [-0.1, -0.05) is 6.42 Å². The van der Waals surface area contributed by atoms with Crippen molar-refractivity contribution in [3.63, 3.8) is 0 Å². The molecule has 0 amide bonds. The Morgan fingerprint density at radius 3 is 2.54 bits per heavy atom. The highest BCUT2D eigenvalue weighted by Crippen LogP contribution is 2.20. The van der Waals surface area contributed by atoms with Gasteiger partial charge in [-0.2, -0.15) is 0 Å². The number of esters is 1. The van der Waals surface area contributed by atoms with Crippen molar-refractivity contribution in [3.05, 3.63) is 0 Å². The Hall–Kier alpha value is -0.670. The first-order chi connectivity index (χ1) is 6.24. The molecular weight excluding hydrogens is 178 g/mol. The average Bonchev–Trinajstić information content (AvgIpc) is 2.18. The summed E-state index contributed by atoms with van der Waals surface area (Å²) in [7, 11) is 0. The van der Waals surface area contributed by atoms with Crippen LogP contribution in [0.4, 0.5) is 8.78 Å². The summed E-state index contributed by atoms with van der Waals surface area (Å²) < 4.78 is 28.9. The van der Waals surface area contributed by atoms with Gasteiger partial charge in [0.05, 0.1) is 0 Å². The van der Waals surface area contributed by atoms with E-state index < -0.39 is 18.8 Å². The standard InChI is InChI=1S/C9H14F2O2/c10-6-8(11)9(12)13-7-4-2-1-3-5-7/h7-8H,1-6H2. The SMILES string of the molecule is O=C(OC1CCCCC1)C(F)CF. The summed E-state index contributed by atoms with van der Waals surface area (Å²) in [5.41, 5.74) is 0. The third-order valence-electron chi connectivity index (χ3n) is 2.23. The second-order valence-electron chi connectivity index (χ2n) is 3.32. The molecule has 0 aliphatic heterocycles. The van der Waals surface area contributed by atoms with E-state index in [-0.39, 0.29) is 6.10 Å². The Morgan fingerprint density at radius 1 is 1.38 bits per heavy atom. The fraction of sp³-hybridized carbons (Fsp3) is 0.889. The zero-order chi connectivity index (χ0) is 9.68. The molecule has 0 spiro atoms. The molecule has 1 rings (SSSR count). The van der Waals surface area contributed by atoms with Crippen LogP contribution in [0, 0.1) is 0 Å². The van der Waals surface area contributed by atoms with Crippen molar-refractivity contribution in [2.45, 2.75) is 44.4 Å². The largest absolute Gasteiger partial charge is 0.460 e. The van der Waals surface area contributed by atoms with E-state index in [1.54, 1.807) is 0 Å². The van der Waals surface area contributed by atoms with Crippen LogP contribution >= 0.6 is 0 Å². The molecule has 0 N–H and O–H groups in total. The first kappa shape index (κ1) is 10.4. The van der Waals surface area contributed by atoms with E-state index in [1.165, 1.54) is 0 Å². The topological polar surface area (TPSA) is 26.3 Å². The summed E-state index contributed by atoms with van der Waals surface area (Å²) in [4.78, 5) is 10.8. The summed E-state index contributed by atoms with van der Waals surface area (Å²) >= 11 is 0. The number of halogens is 2. The number of ether oxygens (including phenoxy) is 1. The Balaban J connectivity index is 2.26. The third-order valence-corrected chi connectivity index (χ3v) is 2.23. The Bertz CT molecular complexity index is 167. The minimum Gasteiger partial charge on any atom is -0.460 e. The lowest BCUT2D eigenvalue weighted by atomic mass is 9.98. The number of hydrogen-bond donors (Lipinski definition) is 0. The summed E-state index contributed by atoms with van der Waals surface area (Å²) in [6.07, 6.45) is 2.42. The van der Waals surface area contributed by atoms with Crippen LogP contribution in [0.2, 0.25) is 0 Å². The molecule has 1 aliphatic rings. The summed E-state index contributed by atoms with van der Waals surface area (Å²) in [5, 5.41) is 0. The van der Waals surface area contributed by atoms with Gasteiger partial charge in [-0.15, -0.1) is 0 Å². The van der Waals surface area contributed by atoms with Crippen molar-refractivity contribution < 1.29 is 18.3 Å². The van der Waals surface area contributed by atoms with Crippen LogP contribution in [-0.4, -0.2) is 24.9 Å². The predicted octanol–water partition coefficient (Wildman–Crippen LogP) is 2.17. The minimum absolute atomic E-state index is 0.189. The quantitative estimate of drug-likeness (QED) is 0.640. The minimum atomic E-state index is -2.10. The number of alkyl halides is 2. The molecule has 1 fully saturated rings. The maximum atomic E-state index is 12.4.